The van der Waals surface area contributed by atoms with Gasteiger partial charge in [0.2, 0.25) is 0 Å². The van der Waals surface area contributed by atoms with Crippen molar-refractivity contribution in [1.82, 2.24) is 0 Å². The van der Waals surface area contributed by atoms with Gasteiger partial charge in [-0.15, -0.1) is 0 Å². The number of aliphatic hydroxyl groups is 1. The Labute approximate surface area is 116 Å². The summed E-state index contributed by atoms with van der Waals surface area (Å²) in [5.41, 5.74) is 0.270. The Morgan fingerprint density at radius 3 is 2.45 bits per heavy atom. The predicted molar refractivity (Wildman–Crippen MR) is 69.3 cm³/mol. The fourth-order valence-corrected chi connectivity index (χ4v) is 2.46. The molecule has 2 unspecified atom stereocenters. The van der Waals surface area contributed by atoms with Gasteiger partial charge in [-0.05, 0) is 55.9 Å². The van der Waals surface area contributed by atoms with Crippen molar-refractivity contribution in [3.63, 3.8) is 0 Å². The van der Waals surface area contributed by atoms with Crippen LogP contribution in [0.1, 0.15) is 42.6 Å². The first-order valence-corrected chi connectivity index (χ1v) is 6.82. The minimum Gasteiger partial charge on any atom is -0.386 e. The molecule has 0 aliphatic heterocycles. The number of benzene rings is 1. The summed E-state index contributed by atoms with van der Waals surface area (Å²) in [7, 11) is 0. The SMILES string of the molecule is CCOC(C1CC1)C(O)c1ccc(C(F)(F)F)cc1C. The van der Waals surface area contributed by atoms with Crippen molar-refractivity contribution in [3.05, 3.63) is 34.9 Å². The first-order chi connectivity index (χ1) is 9.34. The third-order valence-corrected chi connectivity index (χ3v) is 3.67. The number of halogens is 3. The molecule has 0 aromatic heterocycles. The lowest BCUT2D eigenvalue weighted by molar-refractivity contribution is -0.137. The second-order valence-electron chi connectivity index (χ2n) is 5.27. The summed E-state index contributed by atoms with van der Waals surface area (Å²) in [6, 6.07) is 3.45. The van der Waals surface area contributed by atoms with Gasteiger partial charge in [0.25, 0.3) is 0 Å². The molecule has 0 bridgehead atoms. The quantitative estimate of drug-likeness (QED) is 0.891. The van der Waals surface area contributed by atoms with E-state index in [9.17, 15) is 18.3 Å². The molecule has 5 heteroatoms. The number of hydrogen-bond donors (Lipinski definition) is 1. The molecule has 0 saturated heterocycles. The Hall–Kier alpha value is -1.07. The smallest absolute Gasteiger partial charge is 0.386 e. The van der Waals surface area contributed by atoms with Crippen LogP contribution in [0, 0.1) is 12.8 Å². The van der Waals surface area contributed by atoms with E-state index in [0.717, 1.165) is 25.0 Å². The molecule has 0 heterocycles. The molecule has 1 fully saturated rings. The Kier molecular flexibility index (Phi) is 4.39. The maximum atomic E-state index is 12.6. The topological polar surface area (TPSA) is 29.5 Å². The molecular formula is C15H19F3O2. The Bertz CT molecular complexity index is 467. The van der Waals surface area contributed by atoms with E-state index in [1.165, 1.54) is 6.07 Å². The highest BCUT2D eigenvalue weighted by Gasteiger charge is 2.38. The monoisotopic (exact) mass is 288 g/mol. The highest BCUT2D eigenvalue weighted by atomic mass is 19.4. The Morgan fingerprint density at radius 1 is 1.35 bits per heavy atom. The number of hydrogen-bond acceptors (Lipinski definition) is 2. The molecule has 2 rings (SSSR count). The van der Waals surface area contributed by atoms with E-state index in [1.807, 2.05) is 6.92 Å². The van der Waals surface area contributed by atoms with Gasteiger partial charge >= 0.3 is 6.18 Å². The lowest BCUT2D eigenvalue weighted by Crippen LogP contribution is -2.25. The van der Waals surface area contributed by atoms with Gasteiger partial charge < -0.3 is 9.84 Å². The molecule has 20 heavy (non-hydrogen) atoms. The number of ether oxygens (including phenoxy) is 1. The van der Waals surface area contributed by atoms with Crippen LogP contribution < -0.4 is 0 Å². The van der Waals surface area contributed by atoms with Crippen LogP contribution in [-0.4, -0.2) is 17.8 Å². The minimum absolute atomic E-state index is 0.312. The van der Waals surface area contributed by atoms with Crippen LogP contribution in [0.25, 0.3) is 0 Å². The summed E-state index contributed by atoms with van der Waals surface area (Å²) in [6.07, 6.45) is -3.55. The van der Waals surface area contributed by atoms with E-state index in [4.69, 9.17) is 4.74 Å². The summed E-state index contributed by atoms with van der Waals surface area (Å²) in [5.74, 6) is 0.312. The number of aliphatic hydroxyl groups excluding tert-OH is 1. The zero-order chi connectivity index (χ0) is 14.9. The van der Waals surface area contributed by atoms with Crippen molar-refractivity contribution in [3.8, 4) is 0 Å². The van der Waals surface area contributed by atoms with Crippen LogP contribution >= 0.6 is 0 Å². The maximum Gasteiger partial charge on any atom is 0.416 e. The first-order valence-electron chi connectivity index (χ1n) is 6.82. The molecule has 1 aliphatic rings. The van der Waals surface area contributed by atoms with E-state index in [2.05, 4.69) is 0 Å². The van der Waals surface area contributed by atoms with Crippen molar-refractivity contribution < 1.29 is 23.0 Å². The van der Waals surface area contributed by atoms with Gasteiger partial charge in [0.1, 0.15) is 6.10 Å². The zero-order valence-electron chi connectivity index (χ0n) is 11.6. The van der Waals surface area contributed by atoms with E-state index in [0.29, 0.717) is 23.7 Å². The van der Waals surface area contributed by atoms with Crippen LogP contribution in [0.2, 0.25) is 0 Å². The van der Waals surface area contributed by atoms with E-state index >= 15 is 0 Å². The molecule has 2 atom stereocenters. The molecule has 1 aromatic carbocycles. The summed E-state index contributed by atoms with van der Waals surface area (Å²) >= 11 is 0. The van der Waals surface area contributed by atoms with Crippen molar-refractivity contribution >= 4 is 0 Å². The van der Waals surface area contributed by atoms with Crippen LogP contribution in [-0.2, 0) is 10.9 Å². The molecule has 1 N–H and O–H groups in total. The summed E-state index contributed by atoms with van der Waals surface area (Å²) in [6.45, 7) is 3.92. The molecular weight excluding hydrogens is 269 g/mol. The summed E-state index contributed by atoms with van der Waals surface area (Å²) < 4.78 is 43.5. The standard InChI is InChI=1S/C15H19F3O2/c1-3-20-14(10-4-5-10)13(19)12-7-6-11(8-9(12)2)15(16,17)18/h6-8,10,13-14,19H,3-5H2,1-2H3. The average molecular weight is 288 g/mol. The molecule has 0 radical (unpaired) electrons. The molecule has 0 spiro atoms. The van der Waals surface area contributed by atoms with E-state index < -0.39 is 17.8 Å². The van der Waals surface area contributed by atoms with Crippen molar-refractivity contribution in [2.45, 2.75) is 45.1 Å². The fourth-order valence-electron chi connectivity index (χ4n) is 2.46. The van der Waals surface area contributed by atoms with E-state index in [-0.39, 0.29) is 6.10 Å². The summed E-state index contributed by atoms with van der Waals surface area (Å²) in [5, 5.41) is 10.4. The Balaban J connectivity index is 2.23. The van der Waals surface area contributed by atoms with Crippen molar-refractivity contribution in [2.75, 3.05) is 6.61 Å². The van der Waals surface area contributed by atoms with Gasteiger partial charge in [-0.3, -0.25) is 0 Å². The van der Waals surface area contributed by atoms with Gasteiger partial charge in [-0.25, -0.2) is 0 Å². The van der Waals surface area contributed by atoms with Crippen LogP contribution in [0.4, 0.5) is 13.2 Å². The highest BCUT2D eigenvalue weighted by molar-refractivity contribution is 5.34. The third kappa shape index (κ3) is 3.33. The molecule has 1 aromatic rings. The maximum absolute atomic E-state index is 12.6. The molecule has 1 saturated carbocycles. The van der Waals surface area contributed by atoms with Crippen LogP contribution in [0.15, 0.2) is 18.2 Å². The largest absolute Gasteiger partial charge is 0.416 e. The first kappa shape index (κ1) is 15.3. The number of alkyl halides is 3. The third-order valence-electron chi connectivity index (χ3n) is 3.67. The lowest BCUT2D eigenvalue weighted by Gasteiger charge is -2.24. The van der Waals surface area contributed by atoms with Crippen LogP contribution in [0.5, 0.6) is 0 Å². The molecule has 1 aliphatic carbocycles. The predicted octanol–water partition coefficient (Wildman–Crippen LogP) is 3.86. The van der Waals surface area contributed by atoms with E-state index in [1.54, 1.807) is 6.92 Å². The number of aryl methyl sites for hydroxylation is 1. The summed E-state index contributed by atoms with van der Waals surface area (Å²) in [4.78, 5) is 0. The van der Waals surface area contributed by atoms with Crippen molar-refractivity contribution in [2.24, 2.45) is 5.92 Å². The molecule has 0 amide bonds. The second-order valence-corrected chi connectivity index (χ2v) is 5.27. The van der Waals surface area contributed by atoms with Crippen molar-refractivity contribution in [1.29, 1.82) is 0 Å². The lowest BCUT2D eigenvalue weighted by atomic mass is 9.95. The minimum atomic E-state index is -4.36. The second kappa shape index (κ2) is 5.74. The van der Waals surface area contributed by atoms with Gasteiger partial charge in [0, 0.05) is 6.61 Å². The van der Waals surface area contributed by atoms with Gasteiger partial charge in [0.15, 0.2) is 0 Å². The average Bonchev–Trinajstić information content (AvgIpc) is 3.18. The number of rotatable bonds is 5. The zero-order valence-corrected chi connectivity index (χ0v) is 11.6. The van der Waals surface area contributed by atoms with Gasteiger partial charge in [-0.2, -0.15) is 13.2 Å². The van der Waals surface area contributed by atoms with Gasteiger partial charge in [0.05, 0.1) is 11.7 Å². The van der Waals surface area contributed by atoms with Crippen LogP contribution in [0.3, 0.4) is 0 Å². The van der Waals surface area contributed by atoms with Gasteiger partial charge in [-0.1, -0.05) is 6.07 Å². The molecule has 2 nitrogen and oxygen atoms in total. The highest BCUT2D eigenvalue weighted by Crippen LogP contribution is 2.41. The Morgan fingerprint density at radius 2 is 2.00 bits per heavy atom. The fraction of sp³-hybridized carbons (Fsp3) is 0.600. The molecule has 112 valence electrons. The normalized spacial score (nSPS) is 18.9.